The van der Waals surface area contributed by atoms with Crippen molar-refractivity contribution >= 4 is 35.2 Å². The molecule has 0 spiro atoms. The van der Waals surface area contributed by atoms with Crippen LogP contribution in [0.2, 0.25) is 5.02 Å². The average molecular weight is 343 g/mol. The second kappa shape index (κ2) is 5.58. The van der Waals surface area contributed by atoms with E-state index in [1.54, 1.807) is 36.4 Å². The molecule has 120 valence electrons. The number of carbonyl (C=O) groups excluding carboxylic acids is 2. The Bertz CT molecular complexity index is 880. The van der Waals surface area contributed by atoms with Gasteiger partial charge in [0.05, 0.1) is 10.7 Å². The molecule has 2 aliphatic rings. The van der Waals surface area contributed by atoms with E-state index in [4.69, 9.17) is 21.1 Å². The van der Waals surface area contributed by atoms with Crippen molar-refractivity contribution in [1.29, 1.82) is 0 Å². The zero-order valence-corrected chi connectivity index (χ0v) is 13.0. The Morgan fingerprint density at radius 1 is 1.08 bits per heavy atom. The highest BCUT2D eigenvalue weighted by atomic mass is 35.5. The molecule has 2 amide bonds. The van der Waals surface area contributed by atoms with Gasteiger partial charge in [-0.05, 0) is 29.8 Å². The molecular formula is C17H11ClN2O4. The van der Waals surface area contributed by atoms with Gasteiger partial charge >= 0.3 is 0 Å². The molecule has 0 bridgehead atoms. The van der Waals surface area contributed by atoms with E-state index in [1.807, 2.05) is 6.07 Å². The predicted octanol–water partition coefficient (Wildman–Crippen LogP) is 2.53. The van der Waals surface area contributed by atoms with Crippen molar-refractivity contribution in [3.63, 3.8) is 0 Å². The number of ether oxygens (including phenoxy) is 2. The molecule has 2 aromatic rings. The summed E-state index contributed by atoms with van der Waals surface area (Å²) >= 11 is 6.20. The number of benzene rings is 2. The number of halogens is 1. The lowest BCUT2D eigenvalue weighted by atomic mass is 10.1. The average Bonchev–Trinajstić information content (AvgIpc) is 3.14. The van der Waals surface area contributed by atoms with Gasteiger partial charge < -0.3 is 9.47 Å². The second-order valence-corrected chi connectivity index (χ2v) is 5.61. The molecule has 0 unspecified atom stereocenters. The first-order chi connectivity index (χ1) is 11.6. The van der Waals surface area contributed by atoms with Crippen molar-refractivity contribution in [3.05, 3.63) is 58.6 Å². The Morgan fingerprint density at radius 2 is 1.79 bits per heavy atom. The molecule has 24 heavy (non-hydrogen) atoms. The first-order valence-electron chi connectivity index (χ1n) is 7.15. The van der Waals surface area contributed by atoms with Crippen LogP contribution >= 0.6 is 11.6 Å². The maximum atomic E-state index is 12.5. The van der Waals surface area contributed by atoms with Crippen LogP contribution in [-0.2, 0) is 9.59 Å². The molecule has 0 aromatic heterocycles. The molecule has 1 fully saturated rings. The largest absolute Gasteiger partial charge is 0.454 e. The van der Waals surface area contributed by atoms with Gasteiger partial charge in [0.1, 0.15) is 5.57 Å². The number of hydrogen-bond acceptors (Lipinski definition) is 4. The van der Waals surface area contributed by atoms with Crippen LogP contribution < -0.4 is 19.9 Å². The van der Waals surface area contributed by atoms with Gasteiger partial charge in [0.25, 0.3) is 11.8 Å². The molecule has 7 heteroatoms. The third-order valence-electron chi connectivity index (χ3n) is 3.70. The molecule has 2 aromatic carbocycles. The maximum absolute atomic E-state index is 12.5. The summed E-state index contributed by atoms with van der Waals surface area (Å²) in [6.07, 6.45) is 1.45. The van der Waals surface area contributed by atoms with E-state index in [0.717, 1.165) is 0 Å². The van der Waals surface area contributed by atoms with Crippen molar-refractivity contribution in [2.24, 2.45) is 0 Å². The number of hydrogen-bond donors (Lipinski definition) is 1. The van der Waals surface area contributed by atoms with Gasteiger partial charge in [0, 0.05) is 6.07 Å². The fourth-order valence-electron chi connectivity index (χ4n) is 2.52. The van der Waals surface area contributed by atoms with Gasteiger partial charge in [-0.25, -0.2) is 5.01 Å². The van der Waals surface area contributed by atoms with Crippen LogP contribution in [0.15, 0.2) is 48.0 Å². The number of nitrogens with zero attached hydrogens (tertiary/aromatic N) is 1. The fourth-order valence-corrected chi connectivity index (χ4v) is 2.72. The van der Waals surface area contributed by atoms with Gasteiger partial charge in [0.2, 0.25) is 6.79 Å². The van der Waals surface area contributed by atoms with Crippen LogP contribution in [0, 0.1) is 0 Å². The summed E-state index contributed by atoms with van der Waals surface area (Å²) in [5.74, 6) is 0.129. The zero-order chi connectivity index (χ0) is 16.7. The Kier molecular flexibility index (Phi) is 3.39. The van der Waals surface area contributed by atoms with Gasteiger partial charge in [-0.3, -0.25) is 15.0 Å². The van der Waals surface area contributed by atoms with Crippen molar-refractivity contribution in [1.82, 2.24) is 5.43 Å². The summed E-state index contributed by atoms with van der Waals surface area (Å²) in [6, 6.07) is 12.1. The van der Waals surface area contributed by atoms with Crippen molar-refractivity contribution in [3.8, 4) is 11.5 Å². The molecule has 0 atom stereocenters. The molecule has 0 aliphatic carbocycles. The van der Waals surface area contributed by atoms with Crippen LogP contribution in [0.25, 0.3) is 6.08 Å². The van der Waals surface area contributed by atoms with Crippen LogP contribution in [0.1, 0.15) is 5.56 Å². The molecular weight excluding hydrogens is 332 g/mol. The Morgan fingerprint density at radius 3 is 2.54 bits per heavy atom. The lowest BCUT2D eigenvalue weighted by molar-refractivity contribution is -0.117. The van der Waals surface area contributed by atoms with E-state index in [1.165, 1.54) is 11.1 Å². The van der Waals surface area contributed by atoms with Crippen molar-refractivity contribution < 1.29 is 19.1 Å². The minimum atomic E-state index is -0.488. The number of nitrogens with one attached hydrogen (secondary N) is 1. The molecule has 0 radical (unpaired) electrons. The standard InChI is InChI=1S/C17H11ClN2O4/c18-13-8-15-14(23-9-24-15)7-10(13)6-12-16(21)19-20(17(12)22)11-4-2-1-3-5-11/h1-8H,9H2,(H,19,21)/b12-6+. The van der Waals surface area contributed by atoms with E-state index in [-0.39, 0.29) is 12.4 Å². The van der Waals surface area contributed by atoms with E-state index >= 15 is 0 Å². The monoisotopic (exact) mass is 342 g/mol. The fraction of sp³-hybridized carbons (Fsp3) is 0.0588. The number of rotatable bonds is 2. The summed E-state index contributed by atoms with van der Waals surface area (Å²) < 4.78 is 10.5. The van der Waals surface area contributed by atoms with E-state index in [9.17, 15) is 9.59 Å². The smallest absolute Gasteiger partial charge is 0.282 e. The lowest BCUT2D eigenvalue weighted by Gasteiger charge is -2.13. The van der Waals surface area contributed by atoms with Gasteiger partial charge in [0.15, 0.2) is 11.5 Å². The molecule has 2 heterocycles. The zero-order valence-electron chi connectivity index (χ0n) is 12.3. The minimum absolute atomic E-state index is 0.000353. The Hall–Kier alpha value is -2.99. The Balaban J connectivity index is 1.71. The lowest BCUT2D eigenvalue weighted by Crippen LogP contribution is -2.35. The van der Waals surface area contributed by atoms with Crippen LogP contribution in [0.5, 0.6) is 11.5 Å². The van der Waals surface area contributed by atoms with Crippen molar-refractivity contribution in [2.75, 3.05) is 11.8 Å². The first-order valence-corrected chi connectivity index (χ1v) is 7.52. The van der Waals surface area contributed by atoms with Gasteiger partial charge in [-0.1, -0.05) is 29.8 Å². The topological polar surface area (TPSA) is 67.9 Å². The second-order valence-electron chi connectivity index (χ2n) is 5.20. The van der Waals surface area contributed by atoms with Gasteiger partial charge in [-0.15, -0.1) is 0 Å². The predicted molar refractivity (Wildman–Crippen MR) is 87.6 cm³/mol. The molecule has 1 saturated heterocycles. The maximum Gasteiger partial charge on any atom is 0.282 e. The van der Waals surface area contributed by atoms with E-state index in [2.05, 4.69) is 5.43 Å². The van der Waals surface area contributed by atoms with Crippen molar-refractivity contribution in [2.45, 2.75) is 0 Å². The molecule has 2 aliphatic heterocycles. The summed E-state index contributed by atoms with van der Waals surface area (Å²) in [7, 11) is 0. The summed E-state index contributed by atoms with van der Waals surface area (Å²) in [5, 5.41) is 1.57. The molecule has 4 rings (SSSR count). The summed E-state index contributed by atoms with van der Waals surface area (Å²) in [4.78, 5) is 24.7. The number of carbonyl (C=O) groups is 2. The van der Waals surface area contributed by atoms with Crippen LogP contribution in [0.4, 0.5) is 5.69 Å². The summed E-state index contributed by atoms with van der Waals surface area (Å²) in [5.41, 5.74) is 3.63. The Labute approximate surface area is 142 Å². The van der Waals surface area contributed by atoms with E-state index < -0.39 is 11.8 Å². The highest BCUT2D eigenvalue weighted by Crippen LogP contribution is 2.37. The van der Waals surface area contributed by atoms with Crippen LogP contribution in [-0.4, -0.2) is 18.6 Å². The number of hydrazine groups is 1. The number of para-hydroxylation sites is 1. The van der Waals surface area contributed by atoms with Crippen LogP contribution in [0.3, 0.4) is 0 Å². The first kappa shape index (κ1) is 14.6. The highest BCUT2D eigenvalue weighted by molar-refractivity contribution is 6.34. The number of fused-ring (bicyclic) bond motifs is 1. The normalized spacial score (nSPS) is 17.5. The third-order valence-corrected chi connectivity index (χ3v) is 4.02. The highest BCUT2D eigenvalue weighted by Gasteiger charge is 2.34. The quantitative estimate of drug-likeness (QED) is 0.672. The summed E-state index contributed by atoms with van der Waals surface area (Å²) in [6.45, 7) is 0.118. The van der Waals surface area contributed by atoms with E-state index in [0.29, 0.717) is 27.8 Å². The number of anilines is 1. The molecule has 6 nitrogen and oxygen atoms in total. The molecule has 1 N–H and O–H groups in total. The molecule has 0 saturated carbocycles. The van der Waals surface area contributed by atoms with Gasteiger partial charge in [-0.2, -0.15) is 0 Å². The third kappa shape index (κ3) is 2.37. The SMILES string of the molecule is O=C1NN(c2ccccc2)C(=O)/C1=C/c1cc2c(cc1Cl)OCO2. The number of amides is 2. The minimum Gasteiger partial charge on any atom is -0.454 e.